The summed E-state index contributed by atoms with van der Waals surface area (Å²) in [4.78, 5) is 45.2. The number of fused-ring (bicyclic) bond motifs is 1. The van der Waals surface area contributed by atoms with E-state index in [-0.39, 0.29) is 35.7 Å². The fraction of sp³-hybridized carbons (Fsp3) is 0.500. The fourth-order valence-electron chi connectivity index (χ4n) is 3.65. The van der Waals surface area contributed by atoms with E-state index in [1.807, 2.05) is 39.6 Å². The van der Waals surface area contributed by atoms with Crippen LogP contribution in [0.4, 0.5) is 17.5 Å². The Bertz CT molecular complexity index is 918. The minimum absolute atomic E-state index is 0.0172. The lowest BCUT2D eigenvalue weighted by Crippen LogP contribution is -2.58. The number of anilines is 3. The van der Waals surface area contributed by atoms with Gasteiger partial charge in [0.1, 0.15) is 11.7 Å². The van der Waals surface area contributed by atoms with Crippen LogP contribution in [0.5, 0.6) is 0 Å². The minimum atomic E-state index is -0.294. The number of aliphatic imine (C=N–C) groups is 2. The Hall–Kier alpha value is -3.30. The summed E-state index contributed by atoms with van der Waals surface area (Å²) in [6.07, 6.45) is 3.23. The number of carbonyl (C=O) groups excluding carboxylic acids is 2. The van der Waals surface area contributed by atoms with Gasteiger partial charge in [-0.05, 0) is 26.5 Å². The van der Waals surface area contributed by atoms with E-state index in [1.165, 1.54) is 6.20 Å². The van der Waals surface area contributed by atoms with Gasteiger partial charge in [0.25, 0.3) is 5.91 Å². The first-order chi connectivity index (χ1) is 14.3. The Labute approximate surface area is 176 Å². The Morgan fingerprint density at radius 1 is 1.37 bits per heavy atom. The molecule has 2 amide bonds. The third-order valence-corrected chi connectivity index (χ3v) is 5.16. The average molecular weight is 412 g/mol. The molecule has 0 aliphatic carbocycles. The molecule has 30 heavy (non-hydrogen) atoms. The molecule has 2 N–H and O–H groups in total. The number of aryl methyl sites for hydroxylation is 1. The van der Waals surface area contributed by atoms with Gasteiger partial charge in [0.15, 0.2) is 5.82 Å². The smallest absolute Gasteiger partial charge is 0.291 e. The zero-order chi connectivity index (χ0) is 22.0. The molecule has 0 radical (unpaired) electrons. The monoisotopic (exact) mass is 412 g/mol. The minimum Gasteiger partial charge on any atom is -0.348 e. The number of likely N-dealkylation sites (tertiary alicyclic amines) is 1. The van der Waals surface area contributed by atoms with Crippen molar-refractivity contribution in [3.8, 4) is 0 Å². The van der Waals surface area contributed by atoms with Gasteiger partial charge in [0, 0.05) is 26.3 Å². The van der Waals surface area contributed by atoms with Crippen molar-refractivity contribution in [3.05, 3.63) is 18.0 Å². The molecule has 1 atom stereocenters. The number of carbonyl (C=O) groups is 2. The van der Waals surface area contributed by atoms with Gasteiger partial charge in [-0.2, -0.15) is 4.98 Å². The maximum Gasteiger partial charge on any atom is 0.291 e. The van der Waals surface area contributed by atoms with Crippen molar-refractivity contribution in [3.63, 3.8) is 0 Å². The van der Waals surface area contributed by atoms with E-state index in [4.69, 9.17) is 0 Å². The number of likely N-dealkylation sites (N-methyl/N-ethyl adjacent to an activating group) is 1. The van der Waals surface area contributed by atoms with Crippen LogP contribution in [0.15, 0.2) is 22.3 Å². The van der Waals surface area contributed by atoms with E-state index < -0.39 is 0 Å². The second kappa shape index (κ2) is 8.60. The van der Waals surface area contributed by atoms with Crippen LogP contribution >= 0.6 is 0 Å². The Morgan fingerprint density at radius 3 is 2.67 bits per heavy atom. The van der Waals surface area contributed by atoms with Crippen molar-refractivity contribution >= 4 is 41.8 Å². The number of nitrogens with zero attached hydrogens (tertiary/aromatic N) is 6. The van der Waals surface area contributed by atoms with E-state index in [0.29, 0.717) is 36.2 Å². The summed E-state index contributed by atoms with van der Waals surface area (Å²) < 4.78 is 0. The molecule has 2 aliphatic rings. The summed E-state index contributed by atoms with van der Waals surface area (Å²) >= 11 is 0. The number of aromatic nitrogens is 2. The molecule has 3 heterocycles. The highest BCUT2D eigenvalue weighted by Gasteiger charge is 2.36. The van der Waals surface area contributed by atoms with Crippen LogP contribution in [0.2, 0.25) is 0 Å². The summed E-state index contributed by atoms with van der Waals surface area (Å²) in [6, 6.07) is -0.277. The van der Waals surface area contributed by atoms with Crippen LogP contribution in [0.25, 0.3) is 0 Å². The van der Waals surface area contributed by atoms with Crippen molar-refractivity contribution < 1.29 is 9.59 Å². The van der Waals surface area contributed by atoms with Crippen molar-refractivity contribution in [2.75, 3.05) is 35.7 Å². The summed E-state index contributed by atoms with van der Waals surface area (Å²) in [6.45, 7) is 12.1. The zero-order valence-corrected chi connectivity index (χ0v) is 18.0. The number of amidine groups is 1. The quantitative estimate of drug-likeness (QED) is 0.571. The van der Waals surface area contributed by atoms with Crippen LogP contribution in [-0.2, 0) is 9.59 Å². The van der Waals surface area contributed by atoms with Gasteiger partial charge in [0.2, 0.25) is 17.7 Å². The first kappa shape index (κ1) is 21.4. The molecule has 1 aromatic heterocycles. The predicted octanol–water partition coefficient (Wildman–Crippen LogP) is 1.45. The second-order valence-electron chi connectivity index (χ2n) is 7.76. The van der Waals surface area contributed by atoms with Crippen LogP contribution in [-0.4, -0.2) is 71.5 Å². The number of nitrogens with one attached hydrogen (secondary N) is 2. The van der Waals surface area contributed by atoms with Gasteiger partial charge in [-0.25, -0.2) is 15.0 Å². The van der Waals surface area contributed by atoms with Crippen molar-refractivity contribution in [2.24, 2.45) is 15.9 Å². The Morgan fingerprint density at radius 2 is 2.07 bits per heavy atom. The number of hydrogen-bond acceptors (Lipinski definition) is 7. The molecule has 0 saturated carbocycles. The molecule has 0 spiro atoms. The Kier molecular flexibility index (Phi) is 6.14. The molecular weight excluding hydrogens is 384 g/mol. The average Bonchev–Trinajstić information content (AvgIpc) is 2.65. The highest BCUT2D eigenvalue weighted by atomic mass is 16.2. The van der Waals surface area contributed by atoms with Gasteiger partial charge in [-0.15, -0.1) is 0 Å². The van der Waals surface area contributed by atoms with Crippen LogP contribution in [0.3, 0.4) is 0 Å². The van der Waals surface area contributed by atoms with E-state index in [9.17, 15) is 9.59 Å². The summed E-state index contributed by atoms with van der Waals surface area (Å²) in [7, 11) is 1.87. The maximum atomic E-state index is 12.4. The molecule has 10 nitrogen and oxygen atoms in total. The molecule has 1 saturated heterocycles. The van der Waals surface area contributed by atoms with Gasteiger partial charge in [0.05, 0.1) is 11.7 Å². The number of amides is 2. The molecule has 0 bridgehead atoms. The van der Waals surface area contributed by atoms with Crippen LogP contribution < -0.4 is 15.5 Å². The van der Waals surface area contributed by atoms with Crippen molar-refractivity contribution in [1.29, 1.82) is 0 Å². The third kappa shape index (κ3) is 4.03. The zero-order valence-electron chi connectivity index (χ0n) is 18.0. The summed E-state index contributed by atoms with van der Waals surface area (Å²) in [5.41, 5.74) is 1.33. The molecule has 0 unspecified atom stereocenters. The number of hydrogen-bond donors (Lipinski definition) is 2. The molecule has 160 valence electrons. The standard InChI is InChI=1S/C20H28N8O2/c1-7-8-22-16(21-5)19(30)28-9-13(10-28)24-20-23-12(4)14-17(26-20)27(6)15(11(2)3)18(29)25-14/h7-8,11,13,15H,5,9-10H2,1-4,6H3,(H,25,29)(H,23,24,26)/b8-7-,22-16?/t15-/m0/s1. The number of rotatable bonds is 4. The molecular formula is C20H28N8O2. The van der Waals surface area contributed by atoms with Gasteiger partial charge in [-0.1, -0.05) is 19.9 Å². The lowest BCUT2D eigenvalue weighted by Gasteiger charge is -2.40. The molecule has 3 rings (SSSR count). The topological polar surface area (TPSA) is 115 Å². The van der Waals surface area contributed by atoms with Gasteiger partial charge >= 0.3 is 0 Å². The van der Waals surface area contributed by atoms with Crippen molar-refractivity contribution in [2.45, 2.75) is 39.8 Å². The van der Waals surface area contributed by atoms with E-state index in [0.717, 1.165) is 0 Å². The lowest BCUT2D eigenvalue weighted by molar-refractivity contribution is -0.127. The molecule has 2 aliphatic heterocycles. The molecule has 10 heteroatoms. The summed E-state index contributed by atoms with van der Waals surface area (Å²) in [5.74, 6) is 1.06. The van der Waals surface area contributed by atoms with Crippen LogP contribution in [0.1, 0.15) is 26.5 Å². The first-order valence-electron chi connectivity index (χ1n) is 9.90. The van der Waals surface area contributed by atoms with Crippen molar-refractivity contribution in [1.82, 2.24) is 14.9 Å². The lowest BCUT2D eigenvalue weighted by atomic mass is 9.99. The van der Waals surface area contributed by atoms with Crippen LogP contribution in [0, 0.1) is 12.8 Å². The SMILES string of the molecule is C=NC(=N/C=C\C)C(=O)N1CC(Nc2nc(C)c3c(n2)N(C)[C@@H](C(C)C)C(=O)N3)C1. The van der Waals surface area contributed by atoms with Gasteiger partial charge in [-0.3, -0.25) is 9.59 Å². The predicted molar refractivity (Wildman–Crippen MR) is 118 cm³/mol. The molecule has 1 fully saturated rings. The fourth-order valence-corrected chi connectivity index (χ4v) is 3.65. The second-order valence-corrected chi connectivity index (χ2v) is 7.76. The van der Waals surface area contributed by atoms with E-state index >= 15 is 0 Å². The number of allylic oxidation sites excluding steroid dienone is 1. The van der Waals surface area contributed by atoms with E-state index in [1.54, 1.807) is 11.0 Å². The summed E-state index contributed by atoms with van der Waals surface area (Å²) in [5, 5.41) is 6.21. The molecule has 1 aromatic rings. The highest BCUT2D eigenvalue weighted by Crippen LogP contribution is 2.34. The normalized spacial score (nSPS) is 19.6. The third-order valence-electron chi connectivity index (χ3n) is 5.16. The van der Waals surface area contributed by atoms with E-state index in [2.05, 4.69) is 37.3 Å². The largest absolute Gasteiger partial charge is 0.348 e. The highest BCUT2D eigenvalue weighted by molar-refractivity contribution is 6.39. The van der Waals surface area contributed by atoms with Gasteiger partial charge < -0.3 is 20.4 Å². The maximum absolute atomic E-state index is 12.4. The Balaban J connectivity index is 1.70. The molecule has 0 aromatic carbocycles. The first-order valence-corrected chi connectivity index (χ1v) is 9.90.